The highest BCUT2D eigenvalue weighted by molar-refractivity contribution is 7.59. The standard InChI is InChI=1S/C22H36N7O8P/c1-11(2)36-20(31)13(5)27-38(33,28-14(6)21(32)37-12(3)4)10-35-15-7-16(34-8-15)29-9-24-17-18(29)25-22(23)26-19(17)30/h9,11-16H,7-8,10H2,1-6H3,(H2,27,28,33)(H3,23,25,26,30)/t13-,14-,15+,16?/m0/s1. The Morgan fingerprint density at radius 2 is 1.74 bits per heavy atom. The molecule has 3 rings (SSSR count). The summed E-state index contributed by atoms with van der Waals surface area (Å²) in [5.74, 6) is -1.25. The quantitative estimate of drug-likeness (QED) is 0.213. The second-order valence-electron chi connectivity index (χ2n) is 9.63. The van der Waals surface area contributed by atoms with Gasteiger partial charge in [0.05, 0.1) is 31.2 Å². The Kier molecular flexibility index (Phi) is 9.65. The molecule has 0 aliphatic carbocycles. The van der Waals surface area contributed by atoms with Crippen LogP contribution in [-0.4, -0.2) is 74.8 Å². The molecule has 212 valence electrons. The fourth-order valence-electron chi connectivity index (χ4n) is 3.77. The number of imidazole rings is 1. The summed E-state index contributed by atoms with van der Waals surface area (Å²) in [6.07, 6.45) is -0.372. The minimum atomic E-state index is -3.68. The van der Waals surface area contributed by atoms with Gasteiger partial charge in [0.2, 0.25) is 13.4 Å². The highest BCUT2D eigenvalue weighted by Gasteiger charge is 2.36. The number of nitrogens with two attached hydrogens (primary N) is 1. The Balaban J connectivity index is 1.70. The van der Waals surface area contributed by atoms with E-state index in [-0.39, 0.29) is 42.3 Å². The summed E-state index contributed by atoms with van der Waals surface area (Å²) in [6.45, 7) is 9.99. The number of aromatic amines is 1. The topological polar surface area (TPSA) is 202 Å². The average Bonchev–Trinajstić information content (AvgIpc) is 3.43. The number of ether oxygens (including phenoxy) is 4. The van der Waals surface area contributed by atoms with Gasteiger partial charge in [-0.25, -0.2) is 15.2 Å². The van der Waals surface area contributed by atoms with Crippen LogP contribution in [0.15, 0.2) is 11.1 Å². The van der Waals surface area contributed by atoms with Crippen LogP contribution in [-0.2, 0) is 33.1 Å². The maximum absolute atomic E-state index is 13.9. The first-order valence-corrected chi connectivity index (χ1v) is 14.2. The van der Waals surface area contributed by atoms with Crippen molar-refractivity contribution in [3.8, 4) is 0 Å². The van der Waals surface area contributed by atoms with E-state index in [1.54, 1.807) is 32.3 Å². The van der Waals surface area contributed by atoms with Crippen LogP contribution in [0.5, 0.6) is 0 Å². The Morgan fingerprint density at radius 1 is 1.16 bits per heavy atom. The number of nitrogen functional groups attached to an aromatic ring is 1. The Labute approximate surface area is 219 Å². The molecule has 1 aliphatic rings. The number of fused-ring (bicyclic) bond motifs is 1. The van der Waals surface area contributed by atoms with Crippen LogP contribution in [0.1, 0.15) is 54.2 Å². The molecule has 2 aromatic heterocycles. The van der Waals surface area contributed by atoms with Crippen molar-refractivity contribution in [1.82, 2.24) is 29.7 Å². The molecule has 1 saturated heterocycles. The summed E-state index contributed by atoms with van der Waals surface area (Å²) in [7, 11) is -3.68. The number of aromatic nitrogens is 4. The van der Waals surface area contributed by atoms with Crippen LogP contribution < -0.4 is 21.5 Å². The number of anilines is 1. The molecule has 0 bridgehead atoms. The van der Waals surface area contributed by atoms with E-state index < -0.39 is 49.4 Å². The van der Waals surface area contributed by atoms with Crippen molar-refractivity contribution in [2.24, 2.45) is 0 Å². The van der Waals surface area contributed by atoms with Gasteiger partial charge in [0.1, 0.15) is 24.7 Å². The number of esters is 2. The molecule has 0 radical (unpaired) electrons. The minimum Gasteiger partial charge on any atom is -0.462 e. The number of rotatable bonds is 12. The lowest BCUT2D eigenvalue weighted by atomic mass is 10.3. The van der Waals surface area contributed by atoms with Crippen LogP contribution in [0.25, 0.3) is 11.2 Å². The third-order valence-corrected chi connectivity index (χ3v) is 7.53. The summed E-state index contributed by atoms with van der Waals surface area (Å²) in [6, 6.07) is -1.90. The van der Waals surface area contributed by atoms with E-state index in [0.29, 0.717) is 6.42 Å². The predicted octanol–water partition coefficient (Wildman–Crippen LogP) is 1.02. The van der Waals surface area contributed by atoms with E-state index in [9.17, 15) is 18.9 Å². The van der Waals surface area contributed by atoms with Gasteiger partial charge < -0.3 is 24.7 Å². The molecule has 3 heterocycles. The third-order valence-electron chi connectivity index (χ3n) is 5.41. The molecule has 15 nitrogen and oxygen atoms in total. The van der Waals surface area contributed by atoms with Gasteiger partial charge in [-0.15, -0.1) is 0 Å². The molecule has 1 unspecified atom stereocenters. The summed E-state index contributed by atoms with van der Waals surface area (Å²) in [4.78, 5) is 47.4. The van der Waals surface area contributed by atoms with Crippen molar-refractivity contribution in [3.05, 3.63) is 16.7 Å². The largest absolute Gasteiger partial charge is 0.462 e. The maximum atomic E-state index is 13.9. The molecule has 38 heavy (non-hydrogen) atoms. The number of H-pyrrole nitrogens is 1. The zero-order chi connectivity index (χ0) is 28.2. The highest BCUT2D eigenvalue weighted by Crippen LogP contribution is 2.39. The number of carbonyl (C=O) groups excluding carboxylic acids is 2. The summed E-state index contributed by atoms with van der Waals surface area (Å²) >= 11 is 0. The lowest BCUT2D eigenvalue weighted by Crippen LogP contribution is -2.43. The van der Waals surface area contributed by atoms with Crippen LogP contribution >= 0.6 is 7.44 Å². The molecule has 1 fully saturated rings. The predicted molar refractivity (Wildman–Crippen MR) is 137 cm³/mol. The van der Waals surface area contributed by atoms with Gasteiger partial charge in [-0.1, -0.05) is 0 Å². The average molecular weight is 558 g/mol. The van der Waals surface area contributed by atoms with Gasteiger partial charge in [0.25, 0.3) is 5.56 Å². The van der Waals surface area contributed by atoms with Gasteiger partial charge in [0, 0.05) is 6.42 Å². The van der Waals surface area contributed by atoms with Crippen molar-refractivity contribution in [3.63, 3.8) is 0 Å². The molecule has 5 N–H and O–H groups in total. The molecule has 4 atom stereocenters. The van der Waals surface area contributed by atoms with Crippen LogP contribution in [0.2, 0.25) is 0 Å². The third kappa shape index (κ3) is 7.60. The Morgan fingerprint density at radius 3 is 2.29 bits per heavy atom. The minimum absolute atomic E-state index is 0.0524. The van der Waals surface area contributed by atoms with E-state index in [1.165, 1.54) is 20.2 Å². The number of carbonyl (C=O) groups is 2. The first-order valence-electron chi connectivity index (χ1n) is 12.3. The van der Waals surface area contributed by atoms with Crippen molar-refractivity contribution in [2.45, 2.75) is 84.6 Å². The van der Waals surface area contributed by atoms with Crippen LogP contribution in [0, 0.1) is 0 Å². The lowest BCUT2D eigenvalue weighted by Gasteiger charge is -2.27. The molecule has 0 aromatic carbocycles. The van der Waals surface area contributed by atoms with Crippen molar-refractivity contribution in [2.75, 3.05) is 18.7 Å². The van der Waals surface area contributed by atoms with E-state index in [2.05, 4.69) is 25.1 Å². The fourth-order valence-corrected chi connectivity index (χ4v) is 5.87. The second kappa shape index (κ2) is 12.3. The summed E-state index contributed by atoms with van der Waals surface area (Å²) in [5, 5.41) is 5.51. The van der Waals surface area contributed by atoms with E-state index in [1.807, 2.05) is 0 Å². The van der Waals surface area contributed by atoms with Crippen LogP contribution in [0.3, 0.4) is 0 Å². The molecular formula is C22H36N7O8P. The molecule has 0 spiro atoms. The van der Waals surface area contributed by atoms with E-state index in [0.717, 1.165) is 0 Å². The van der Waals surface area contributed by atoms with Crippen molar-refractivity contribution in [1.29, 1.82) is 0 Å². The van der Waals surface area contributed by atoms with Crippen LogP contribution in [0.4, 0.5) is 5.95 Å². The van der Waals surface area contributed by atoms with Gasteiger partial charge in [-0.2, -0.15) is 4.98 Å². The zero-order valence-corrected chi connectivity index (χ0v) is 23.2. The monoisotopic (exact) mass is 557 g/mol. The van der Waals surface area contributed by atoms with Gasteiger partial charge in [-0.3, -0.25) is 28.5 Å². The number of nitrogens with zero attached hydrogens (tertiary/aromatic N) is 3. The Hall–Kier alpha value is -2.84. The van der Waals surface area contributed by atoms with Gasteiger partial charge in [-0.05, 0) is 41.5 Å². The lowest BCUT2D eigenvalue weighted by molar-refractivity contribution is -0.149. The maximum Gasteiger partial charge on any atom is 0.323 e. The van der Waals surface area contributed by atoms with E-state index in [4.69, 9.17) is 24.7 Å². The number of hydrogen-bond donors (Lipinski definition) is 4. The number of nitrogens with one attached hydrogen (secondary N) is 3. The Bertz CT molecular complexity index is 1210. The van der Waals surface area contributed by atoms with Gasteiger partial charge >= 0.3 is 11.9 Å². The molecule has 16 heteroatoms. The first kappa shape index (κ1) is 29.7. The summed E-state index contributed by atoms with van der Waals surface area (Å²) < 4.78 is 37.6. The normalized spacial score (nSPS) is 19.7. The van der Waals surface area contributed by atoms with Gasteiger partial charge in [0.15, 0.2) is 11.2 Å². The zero-order valence-electron chi connectivity index (χ0n) is 22.3. The second-order valence-corrected chi connectivity index (χ2v) is 11.9. The molecule has 1 aliphatic heterocycles. The smallest absolute Gasteiger partial charge is 0.323 e. The van der Waals surface area contributed by atoms with Crippen molar-refractivity contribution >= 4 is 36.5 Å². The SMILES string of the molecule is CC(C)OC(=O)[C@H](C)NP(=O)(CO[C@H]1COC(n2cnc3c(=O)[nH]c(N)nc32)C1)N[C@@H](C)C(=O)OC(C)C. The number of hydrogen-bond acceptors (Lipinski definition) is 11. The molecular weight excluding hydrogens is 521 g/mol. The summed E-state index contributed by atoms with van der Waals surface area (Å²) in [5.41, 5.74) is 5.58. The first-order chi connectivity index (χ1) is 17.8. The molecule has 0 saturated carbocycles. The van der Waals surface area contributed by atoms with E-state index >= 15 is 0 Å². The molecule has 0 amide bonds. The fraction of sp³-hybridized carbons (Fsp3) is 0.682. The molecule has 2 aromatic rings. The highest BCUT2D eigenvalue weighted by atomic mass is 31.2. The van der Waals surface area contributed by atoms with Crippen molar-refractivity contribution < 1.29 is 33.1 Å².